The van der Waals surface area contributed by atoms with Crippen LogP contribution in [0.5, 0.6) is 5.75 Å². The molecule has 2 atom stereocenters. The summed E-state index contributed by atoms with van der Waals surface area (Å²) in [5.41, 5.74) is 1.80. The fourth-order valence-corrected chi connectivity index (χ4v) is 2.75. The molecule has 24 heavy (non-hydrogen) atoms. The highest BCUT2D eigenvalue weighted by atomic mass is 19.1. The lowest BCUT2D eigenvalue weighted by molar-refractivity contribution is -0.129. The van der Waals surface area contributed by atoms with E-state index in [1.54, 1.807) is 0 Å². The second-order valence-electron chi connectivity index (χ2n) is 5.94. The molecule has 126 valence electrons. The van der Waals surface area contributed by atoms with E-state index in [0.717, 1.165) is 11.1 Å². The van der Waals surface area contributed by atoms with E-state index in [1.807, 2.05) is 54.6 Å². The topological polar surface area (TPSA) is 49.8 Å². The first-order valence-electron chi connectivity index (χ1n) is 7.98. The lowest BCUT2D eigenvalue weighted by Crippen LogP contribution is -2.31. The second kappa shape index (κ2) is 7.45. The molecule has 3 rings (SSSR count). The standard InChI is InChI=1S/C19H20FNO3/c20-16-11-21(12-17(16)22)19(23)10-15-8-4-5-9-18(15)24-13-14-6-2-1-3-7-14/h1-9,16-17,22H,10-13H2/t16-,17-/m1/s1. The number of benzene rings is 2. The van der Waals surface area contributed by atoms with Crippen LogP contribution < -0.4 is 4.74 Å². The zero-order valence-electron chi connectivity index (χ0n) is 13.3. The van der Waals surface area contributed by atoms with Gasteiger partial charge in [0.25, 0.3) is 0 Å². The molecule has 2 aromatic rings. The van der Waals surface area contributed by atoms with Crippen molar-refractivity contribution < 1.29 is 19.0 Å². The second-order valence-corrected chi connectivity index (χ2v) is 5.94. The highest BCUT2D eigenvalue weighted by molar-refractivity contribution is 5.80. The number of amides is 1. The number of ether oxygens (including phenoxy) is 1. The summed E-state index contributed by atoms with van der Waals surface area (Å²) in [7, 11) is 0. The number of carbonyl (C=O) groups excluding carboxylic acids is 1. The predicted octanol–water partition coefficient (Wildman–Crippen LogP) is 2.35. The molecule has 5 heteroatoms. The van der Waals surface area contributed by atoms with Gasteiger partial charge >= 0.3 is 0 Å². The van der Waals surface area contributed by atoms with E-state index < -0.39 is 12.3 Å². The largest absolute Gasteiger partial charge is 0.489 e. The summed E-state index contributed by atoms with van der Waals surface area (Å²) >= 11 is 0. The zero-order chi connectivity index (χ0) is 16.9. The molecule has 1 amide bonds. The van der Waals surface area contributed by atoms with Gasteiger partial charge < -0.3 is 14.7 Å². The summed E-state index contributed by atoms with van der Waals surface area (Å²) in [6.45, 7) is 0.418. The smallest absolute Gasteiger partial charge is 0.227 e. The van der Waals surface area contributed by atoms with E-state index >= 15 is 0 Å². The Morgan fingerprint density at radius 2 is 1.83 bits per heavy atom. The zero-order valence-corrected chi connectivity index (χ0v) is 13.3. The molecule has 1 fully saturated rings. The number of likely N-dealkylation sites (tertiary alicyclic amines) is 1. The van der Waals surface area contributed by atoms with E-state index in [0.29, 0.717) is 12.4 Å². The summed E-state index contributed by atoms with van der Waals surface area (Å²) < 4.78 is 19.2. The number of aliphatic hydroxyl groups excluding tert-OH is 1. The molecule has 1 saturated heterocycles. The number of hydrogen-bond donors (Lipinski definition) is 1. The SMILES string of the molecule is O=C(Cc1ccccc1OCc1ccccc1)N1C[C@@H](O)[C@H](F)C1. The van der Waals surface area contributed by atoms with Gasteiger partial charge in [0.15, 0.2) is 0 Å². The maximum Gasteiger partial charge on any atom is 0.227 e. The third kappa shape index (κ3) is 3.92. The van der Waals surface area contributed by atoms with Crippen molar-refractivity contribution in [1.82, 2.24) is 4.90 Å². The molecule has 1 heterocycles. The third-order valence-corrected chi connectivity index (χ3v) is 4.12. The molecule has 0 radical (unpaired) electrons. The van der Waals surface area contributed by atoms with Gasteiger partial charge in [-0.3, -0.25) is 4.79 Å². The van der Waals surface area contributed by atoms with Crippen LogP contribution in [0.2, 0.25) is 0 Å². The lowest BCUT2D eigenvalue weighted by atomic mass is 10.1. The normalized spacial score (nSPS) is 20.2. The quantitative estimate of drug-likeness (QED) is 0.916. The summed E-state index contributed by atoms with van der Waals surface area (Å²) in [5.74, 6) is 0.441. The molecule has 0 bridgehead atoms. The Morgan fingerprint density at radius 3 is 2.54 bits per heavy atom. The number of β-amino-alcohol motifs (C(OH)–C–C–N with tert-alkyl or cyclic N) is 1. The van der Waals surface area contributed by atoms with Crippen molar-refractivity contribution in [2.75, 3.05) is 13.1 Å². The molecule has 2 aromatic carbocycles. The molecule has 1 aliphatic heterocycles. The predicted molar refractivity (Wildman–Crippen MR) is 88.4 cm³/mol. The molecule has 1 N–H and O–H groups in total. The first-order chi connectivity index (χ1) is 11.6. The minimum absolute atomic E-state index is 0.0486. The Balaban J connectivity index is 1.64. The fourth-order valence-electron chi connectivity index (χ4n) is 2.75. The lowest BCUT2D eigenvalue weighted by Gasteiger charge is -2.17. The Labute approximate surface area is 140 Å². The maximum atomic E-state index is 13.4. The van der Waals surface area contributed by atoms with Gasteiger partial charge in [0.2, 0.25) is 5.91 Å². The molecular formula is C19H20FNO3. The Hall–Kier alpha value is -2.40. The number of hydrogen-bond acceptors (Lipinski definition) is 3. The van der Waals surface area contributed by atoms with E-state index in [2.05, 4.69) is 0 Å². The first kappa shape index (κ1) is 16.5. The van der Waals surface area contributed by atoms with Crippen LogP contribution in [-0.2, 0) is 17.8 Å². The minimum atomic E-state index is -1.36. The Morgan fingerprint density at radius 1 is 1.12 bits per heavy atom. The van der Waals surface area contributed by atoms with Gasteiger partial charge in [-0.05, 0) is 11.6 Å². The summed E-state index contributed by atoms with van der Waals surface area (Å²) in [6.07, 6.45) is -2.32. The fraction of sp³-hybridized carbons (Fsp3) is 0.316. The van der Waals surface area contributed by atoms with Crippen LogP contribution in [-0.4, -0.2) is 41.3 Å². The summed E-state index contributed by atoms with van der Waals surface area (Å²) in [5, 5.41) is 9.45. The Kier molecular flexibility index (Phi) is 5.11. The van der Waals surface area contributed by atoms with Gasteiger partial charge in [-0.15, -0.1) is 0 Å². The van der Waals surface area contributed by atoms with Crippen LogP contribution in [0.25, 0.3) is 0 Å². The van der Waals surface area contributed by atoms with Crippen LogP contribution >= 0.6 is 0 Å². The number of carbonyl (C=O) groups is 1. The average molecular weight is 329 g/mol. The minimum Gasteiger partial charge on any atom is -0.489 e. The Bertz CT molecular complexity index is 682. The molecule has 0 unspecified atom stereocenters. The third-order valence-electron chi connectivity index (χ3n) is 4.12. The van der Waals surface area contributed by atoms with E-state index in [1.165, 1.54) is 4.90 Å². The summed E-state index contributed by atoms with van der Waals surface area (Å²) in [6, 6.07) is 17.1. The molecule has 4 nitrogen and oxygen atoms in total. The number of nitrogens with zero attached hydrogens (tertiary/aromatic N) is 1. The summed E-state index contributed by atoms with van der Waals surface area (Å²) in [4.78, 5) is 13.7. The highest BCUT2D eigenvalue weighted by Crippen LogP contribution is 2.22. The van der Waals surface area contributed by atoms with Gasteiger partial charge in [0, 0.05) is 12.1 Å². The van der Waals surface area contributed by atoms with Crippen LogP contribution in [0.3, 0.4) is 0 Å². The molecule has 0 aromatic heterocycles. The number of aliphatic hydroxyl groups is 1. The number of para-hydroxylation sites is 1. The van der Waals surface area contributed by atoms with Crippen molar-refractivity contribution >= 4 is 5.91 Å². The van der Waals surface area contributed by atoms with E-state index in [4.69, 9.17) is 4.74 Å². The van der Waals surface area contributed by atoms with Gasteiger partial charge in [0.05, 0.1) is 13.0 Å². The maximum absolute atomic E-state index is 13.4. The van der Waals surface area contributed by atoms with Crippen molar-refractivity contribution in [3.05, 3.63) is 65.7 Å². The van der Waals surface area contributed by atoms with Gasteiger partial charge in [0.1, 0.15) is 24.6 Å². The van der Waals surface area contributed by atoms with Crippen LogP contribution in [0.15, 0.2) is 54.6 Å². The average Bonchev–Trinajstić information content (AvgIpc) is 2.94. The number of rotatable bonds is 5. The molecule has 0 spiro atoms. The van der Waals surface area contributed by atoms with Crippen molar-refractivity contribution in [1.29, 1.82) is 0 Å². The first-order valence-corrected chi connectivity index (χ1v) is 7.98. The van der Waals surface area contributed by atoms with Gasteiger partial charge in [-0.2, -0.15) is 0 Å². The van der Waals surface area contributed by atoms with Crippen LogP contribution in [0, 0.1) is 0 Å². The van der Waals surface area contributed by atoms with Crippen molar-refractivity contribution in [3.63, 3.8) is 0 Å². The van der Waals surface area contributed by atoms with Crippen molar-refractivity contribution in [3.8, 4) is 5.75 Å². The van der Waals surface area contributed by atoms with Gasteiger partial charge in [-0.25, -0.2) is 4.39 Å². The van der Waals surface area contributed by atoms with Crippen molar-refractivity contribution in [2.24, 2.45) is 0 Å². The highest BCUT2D eigenvalue weighted by Gasteiger charge is 2.33. The molecule has 0 aliphatic carbocycles. The molecule has 0 saturated carbocycles. The van der Waals surface area contributed by atoms with Crippen LogP contribution in [0.4, 0.5) is 4.39 Å². The van der Waals surface area contributed by atoms with Crippen LogP contribution in [0.1, 0.15) is 11.1 Å². The number of halogens is 1. The van der Waals surface area contributed by atoms with E-state index in [9.17, 15) is 14.3 Å². The van der Waals surface area contributed by atoms with Crippen molar-refractivity contribution in [2.45, 2.75) is 25.3 Å². The molecular weight excluding hydrogens is 309 g/mol. The number of alkyl halides is 1. The van der Waals surface area contributed by atoms with E-state index in [-0.39, 0.29) is 25.4 Å². The monoisotopic (exact) mass is 329 g/mol. The molecule has 1 aliphatic rings. The van der Waals surface area contributed by atoms with Gasteiger partial charge in [-0.1, -0.05) is 48.5 Å².